The highest BCUT2D eigenvalue weighted by atomic mass is 79.9. The molecule has 0 spiro atoms. The minimum absolute atomic E-state index is 0.0294. The molecule has 1 saturated heterocycles. The Balaban J connectivity index is 2.24. The number of amides is 1. The lowest BCUT2D eigenvalue weighted by atomic mass is 10.1. The maximum atomic E-state index is 12.6. The van der Waals surface area contributed by atoms with Gasteiger partial charge in [-0.3, -0.25) is 4.79 Å². The molecule has 0 aliphatic carbocycles. The van der Waals surface area contributed by atoms with Gasteiger partial charge in [0.1, 0.15) is 0 Å². The summed E-state index contributed by atoms with van der Waals surface area (Å²) in [6, 6.07) is 5.53. The molecule has 1 aromatic rings. The Hall–Kier alpha value is -0.580. The van der Waals surface area contributed by atoms with Crippen LogP contribution in [0.1, 0.15) is 22.8 Å². The van der Waals surface area contributed by atoms with Crippen molar-refractivity contribution in [2.24, 2.45) is 0 Å². The Morgan fingerprint density at radius 1 is 1.58 bits per heavy atom. The van der Waals surface area contributed by atoms with Crippen LogP contribution in [0.5, 0.6) is 0 Å². The Morgan fingerprint density at radius 2 is 2.32 bits per heavy atom. The Kier molecular flexibility index (Phi) is 4.87. The van der Waals surface area contributed by atoms with Crippen LogP contribution in [0.2, 0.25) is 5.02 Å². The topological polar surface area (TPSA) is 29.5 Å². The predicted octanol–water partition coefficient (Wildman–Crippen LogP) is 3.27. The molecule has 1 heterocycles. The molecule has 0 radical (unpaired) electrons. The summed E-state index contributed by atoms with van der Waals surface area (Å²) in [5.74, 6) is 0.0294. The van der Waals surface area contributed by atoms with Crippen molar-refractivity contribution >= 4 is 33.4 Å². The van der Waals surface area contributed by atoms with E-state index >= 15 is 0 Å². The third kappa shape index (κ3) is 3.12. The molecule has 1 aliphatic heterocycles. The second-order valence-corrected chi connectivity index (χ2v) is 5.88. The van der Waals surface area contributed by atoms with Gasteiger partial charge in [-0.25, -0.2) is 0 Å². The second kappa shape index (κ2) is 6.25. The van der Waals surface area contributed by atoms with Crippen LogP contribution in [0.4, 0.5) is 0 Å². The van der Waals surface area contributed by atoms with E-state index in [4.69, 9.17) is 16.3 Å². The number of rotatable bonds is 2. The zero-order valence-corrected chi connectivity index (χ0v) is 13.4. The molecule has 104 valence electrons. The van der Waals surface area contributed by atoms with Crippen LogP contribution in [0.15, 0.2) is 18.2 Å². The van der Waals surface area contributed by atoms with Gasteiger partial charge in [0.2, 0.25) is 0 Å². The Bertz CT molecular complexity index is 481. The first kappa shape index (κ1) is 14.8. The van der Waals surface area contributed by atoms with E-state index in [2.05, 4.69) is 15.9 Å². The van der Waals surface area contributed by atoms with Crippen LogP contribution in [0.25, 0.3) is 0 Å². The van der Waals surface area contributed by atoms with Crippen molar-refractivity contribution < 1.29 is 9.53 Å². The second-order valence-electron chi connectivity index (χ2n) is 4.83. The first-order valence-electron chi connectivity index (χ1n) is 6.28. The van der Waals surface area contributed by atoms with E-state index in [0.29, 0.717) is 23.7 Å². The normalized spacial score (nSPS) is 23.5. The van der Waals surface area contributed by atoms with Gasteiger partial charge in [0.15, 0.2) is 0 Å². The zero-order chi connectivity index (χ0) is 14.0. The summed E-state index contributed by atoms with van der Waals surface area (Å²) in [6.45, 7) is 5.06. The summed E-state index contributed by atoms with van der Waals surface area (Å²) in [4.78, 5) is 14.5. The van der Waals surface area contributed by atoms with Crippen LogP contribution in [0.3, 0.4) is 0 Å². The molecule has 2 atom stereocenters. The summed E-state index contributed by atoms with van der Waals surface area (Å²) in [5, 5.41) is 1.36. The van der Waals surface area contributed by atoms with E-state index in [1.165, 1.54) is 0 Å². The van der Waals surface area contributed by atoms with Crippen molar-refractivity contribution in [3.63, 3.8) is 0 Å². The number of nitrogens with zero attached hydrogens (tertiary/aromatic N) is 1. The molecule has 1 aromatic carbocycles. The minimum Gasteiger partial charge on any atom is -0.373 e. The van der Waals surface area contributed by atoms with Crippen LogP contribution < -0.4 is 0 Å². The molecule has 2 rings (SSSR count). The number of ether oxygens (including phenoxy) is 1. The standard InChI is InChI=1S/C14H17BrClNO2/c1-9-8-19-11(6-15)7-17(9)14(18)12-4-3-5-13(16)10(12)2/h3-5,9,11H,6-8H2,1-2H3. The average Bonchev–Trinajstić information content (AvgIpc) is 2.42. The fourth-order valence-corrected chi connectivity index (χ4v) is 2.75. The number of morpholine rings is 1. The molecule has 1 amide bonds. The molecule has 3 nitrogen and oxygen atoms in total. The molecule has 1 fully saturated rings. The maximum Gasteiger partial charge on any atom is 0.254 e. The molecule has 0 N–H and O–H groups in total. The summed E-state index contributed by atoms with van der Waals surface area (Å²) in [5.41, 5.74) is 1.51. The average molecular weight is 347 g/mol. The number of alkyl halides is 1. The highest BCUT2D eigenvalue weighted by Gasteiger charge is 2.30. The van der Waals surface area contributed by atoms with E-state index in [-0.39, 0.29) is 18.1 Å². The highest BCUT2D eigenvalue weighted by molar-refractivity contribution is 9.09. The van der Waals surface area contributed by atoms with E-state index in [1.807, 2.05) is 30.9 Å². The first-order chi connectivity index (χ1) is 9.04. The number of hydrogen-bond donors (Lipinski definition) is 0. The van der Waals surface area contributed by atoms with Crippen LogP contribution in [-0.2, 0) is 4.74 Å². The zero-order valence-electron chi connectivity index (χ0n) is 11.0. The molecular weight excluding hydrogens is 330 g/mol. The van der Waals surface area contributed by atoms with Gasteiger partial charge in [-0.2, -0.15) is 0 Å². The smallest absolute Gasteiger partial charge is 0.254 e. The molecule has 2 unspecified atom stereocenters. The van der Waals surface area contributed by atoms with Gasteiger partial charge in [0.25, 0.3) is 5.91 Å². The van der Waals surface area contributed by atoms with Gasteiger partial charge >= 0.3 is 0 Å². The Labute approximate surface area is 127 Å². The fourth-order valence-electron chi connectivity index (χ4n) is 2.19. The number of benzene rings is 1. The minimum atomic E-state index is 0.0294. The van der Waals surface area contributed by atoms with E-state index in [1.54, 1.807) is 6.07 Å². The lowest BCUT2D eigenvalue weighted by molar-refractivity contribution is -0.0361. The quantitative estimate of drug-likeness (QED) is 0.769. The monoisotopic (exact) mass is 345 g/mol. The lowest BCUT2D eigenvalue weighted by Gasteiger charge is -2.37. The van der Waals surface area contributed by atoms with Crippen molar-refractivity contribution in [1.82, 2.24) is 4.90 Å². The summed E-state index contributed by atoms with van der Waals surface area (Å²) in [7, 11) is 0. The summed E-state index contributed by atoms with van der Waals surface area (Å²) >= 11 is 9.49. The SMILES string of the molecule is Cc1c(Cl)cccc1C(=O)N1CC(CBr)OCC1C. The van der Waals surface area contributed by atoms with E-state index < -0.39 is 0 Å². The lowest BCUT2D eigenvalue weighted by Crippen LogP contribution is -2.51. The van der Waals surface area contributed by atoms with Gasteiger partial charge < -0.3 is 9.64 Å². The number of carbonyl (C=O) groups excluding carboxylic acids is 1. The third-order valence-electron chi connectivity index (χ3n) is 3.44. The van der Waals surface area contributed by atoms with Crippen molar-refractivity contribution in [1.29, 1.82) is 0 Å². The van der Waals surface area contributed by atoms with Gasteiger partial charge in [-0.1, -0.05) is 33.6 Å². The largest absolute Gasteiger partial charge is 0.373 e. The van der Waals surface area contributed by atoms with E-state index in [0.717, 1.165) is 10.9 Å². The fraction of sp³-hybridized carbons (Fsp3) is 0.500. The van der Waals surface area contributed by atoms with Crippen LogP contribution in [0, 0.1) is 6.92 Å². The molecule has 1 aliphatic rings. The van der Waals surface area contributed by atoms with Gasteiger partial charge in [0.05, 0.1) is 18.8 Å². The first-order valence-corrected chi connectivity index (χ1v) is 7.78. The summed E-state index contributed by atoms with van der Waals surface area (Å²) < 4.78 is 5.64. The summed E-state index contributed by atoms with van der Waals surface area (Å²) in [6.07, 6.45) is 0.0552. The molecular formula is C14H17BrClNO2. The van der Waals surface area contributed by atoms with Crippen LogP contribution in [-0.4, -0.2) is 41.4 Å². The molecule has 0 aromatic heterocycles. The van der Waals surface area contributed by atoms with Gasteiger partial charge in [-0.05, 0) is 31.5 Å². The number of hydrogen-bond acceptors (Lipinski definition) is 2. The predicted molar refractivity (Wildman–Crippen MR) is 80.2 cm³/mol. The third-order valence-corrected chi connectivity index (χ3v) is 4.57. The molecule has 0 saturated carbocycles. The number of carbonyl (C=O) groups is 1. The molecule has 19 heavy (non-hydrogen) atoms. The van der Waals surface area contributed by atoms with Crippen molar-refractivity contribution in [3.05, 3.63) is 34.3 Å². The van der Waals surface area contributed by atoms with Gasteiger partial charge in [-0.15, -0.1) is 0 Å². The van der Waals surface area contributed by atoms with Crippen LogP contribution >= 0.6 is 27.5 Å². The Morgan fingerprint density at radius 3 is 3.00 bits per heavy atom. The number of halogens is 2. The van der Waals surface area contributed by atoms with Gasteiger partial charge in [0, 0.05) is 22.5 Å². The molecule has 5 heteroatoms. The molecule has 0 bridgehead atoms. The highest BCUT2D eigenvalue weighted by Crippen LogP contribution is 2.23. The van der Waals surface area contributed by atoms with Crippen molar-refractivity contribution in [2.75, 3.05) is 18.5 Å². The van der Waals surface area contributed by atoms with Crippen molar-refractivity contribution in [3.8, 4) is 0 Å². The van der Waals surface area contributed by atoms with E-state index in [9.17, 15) is 4.79 Å². The van der Waals surface area contributed by atoms with Crippen molar-refractivity contribution in [2.45, 2.75) is 26.0 Å². The maximum absolute atomic E-state index is 12.6.